The minimum absolute atomic E-state index is 0.0938. The van der Waals surface area contributed by atoms with E-state index in [9.17, 15) is 8.78 Å². The minimum atomic E-state index is -0.545. The maximum absolute atomic E-state index is 13.9. The molecule has 1 aliphatic carbocycles. The van der Waals surface area contributed by atoms with E-state index >= 15 is 0 Å². The lowest BCUT2D eigenvalue weighted by Gasteiger charge is -2.24. The summed E-state index contributed by atoms with van der Waals surface area (Å²) in [5.41, 5.74) is 0.599. The van der Waals surface area contributed by atoms with Gasteiger partial charge in [0.05, 0.1) is 11.7 Å². The number of ether oxygens (including phenoxy) is 1. The Morgan fingerprint density at radius 1 is 1.14 bits per heavy atom. The highest BCUT2D eigenvalue weighted by atomic mass is 19.1. The van der Waals surface area contributed by atoms with Gasteiger partial charge in [-0.25, -0.2) is 8.78 Å². The molecule has 1 saturated carbocycles. The van der Waals surface area contributed by atoms with Crippen molar-refractivity contribution in [2.24, 2.45) is 5.92 Å². The smallest absolute Gasteiger partial charge is 0.142 e. The molecule has 0 aliphatic heterocycles. The van der Waals surface area contributed by atoms with Gasteiger partial charge < -0.3 is 4.74 Å². The molecule has 1 aromatic rings. The standard InChI is InChI=1S/C18H22F2O/c1-3-4-14-11-17(19)16(18(20)12-14)10-7-13-5-8-15(21-2)9-6-13/h11-13,15H,3-6,8-9H2,1-2H3. The van der Waals surface area contributed by atoms with E-state index in [2.05, 4.69) is 11.8 Å². The summed E-state index contributed by atoms with van der Waals surface area (Å²) in [6, 6.07) is 2.80. The molecule has 2 rings (SSSR count). The van der Waals surface area contributed by atoms with Gasteiger partial charge in [0.1, 0.15) is 11.6 Å². The van der Waals surface area contributed by atoms with E-state index < -0.39 is 11.6 Å². The van der Waals surface area contributed by atoms with Crippen molar-refractivity contribution in [3.8, 4) is 11.8 Å². The monoisotopic (exact) mass is 292 g/mol. The Labute approximate surface area is 125 Å². The quantitative estimate of drug-likeness (QED) is 0.747. The SMILES string of the molecule is CCCc1cc(F)c(C#CC2CCC(OC)CC2)c(F)c1. The van der Waals surface area contributed by atoms with Crippen LogP contribution in [0.5, 0.6) is 0 Å². The van der Waals surface area contributed by atoms with Crippen molar-refractivity contribution in [3.05, 3.63) is 34.9 Å². The van der Waals surface area contributed by atoms with E-state index in [1.165, 1.54) is 12.1 Å². The lowest BCUT2D eigenvalue weighted by molar-refractivity contribution is 0.0637. The summed E-state index contributed by atoms with van der Waals surface area (Å²) < 4.78 is 33.2. The van der Waals surface area contributed by atoms with Crippen molar-refractivity contribution in [2.75, 3.05) is 7.11 Å². The van der Waals surface area contributed by atoms with Crippen LogP contribution in [0, 0.1) is 29.4 Å². The highest BCUT2D eigenvalue weighted by molar-refractivity contribution is 5.39. The second kappa shape index (κ2) is 7.56. The highest BCUT2D eigenvalue weighted by Crippen LogP contribution is 2.25. The molecule has 1 aromatic carbocycles. The average Bonchev–Trinajstić information content (AvgIpc) is 2.47. The lowest BCUT2D eigenvalue weighted by Crippen LogP contribution is -2.19. The summed E-state index contributed by atoms with van der Waals surface area (Å²) in [4.78, 5) is 0. The Bertz CT molecular complexity index is 511. The van der Waals surface area contributed by atoms with Gasteiger partial charge in [-0.1, -0.05) is 25.2 Å². The molecule has 3 heteroatoms. The maximum Gasteiger partial charge on any atom is 0.142 e. The van der Waals surface area contributed by atoms with E-state index in [0.29, 0.717) is 18.1 Å². The molecule has 1 fully saturated rings. The van der Waals surface area contributed by atoms with Gasteiger partial charge in [0.15, 0.2) is 0 Å². The number of hydrogen-bond donors (Lipinski definition) is 0. The van der Waals surface area contributed by atoms with Crippen LogP contribution in [-0.2, 0) is 11.2 Å². The molecule has 0 spiro atoms. The maximum atomic E-state index is 13.9. The molecule has 114 valence electrons. The summed E-state index contributed by atoms with van der Waals surface area (Å²) in [6.45, 7) is 1.99. The molecule has 0 N–H and O–H groups in total. The van der Waals surface area contributed by atoms with E-state index in [0.717, 1.165) is 32.1 Å². The zero-order chi connectivity index (χ0) is 15.2. The largest absolute Gasteiger partial charge is 0.381 e. The van der Waals surface area contributed by atoms with Crippen LogP contribution in [0.4, 0.5) is 8.78 Å². The van der Waals surface area contributed by atoms with Gasteiger partial charge in [-0.15, -0.1) is 0 Å². The van der Waals surface area contributed by atoms with Crippen LogP contribution in [0.1, 0.15) is 50.2 Å². The first-order chi connectivity index (χ1) is 10.1. The summed E-state index contributed by atoms with van der Waals surface area (Å²) in [7, 11) is 1.72. The fourth-order valence-electron chi connectivity index (χ4n) is 2.80. The third-order valence-electron chi connectivity index (χ3n) is 4.05. The molecule has 0 amide bonds. The van der Waals surface area contributed by atoms with Crippen molar-refractivity contribution in [1.29, 1.82) is 0 Å². The summed E-state index contributed by atoms with van der Waals surface area (Å²) in [5, 5.41) is 0. The zero-order valence-corrected chi connectivity index (χ0v) is 12.7. The van der Waals surface area contributed by atoms with Gasteiger partial charge in [-0.05, 0) is 49.8 Å². The summed E-state index contributed by atoms with van der Waals surface area (Å²) in [5.74, 6) is 4.87. The molecule has 1 nitrogen and oxygen atoms in total. The molecule has 0 atom stereocenters. The Kier molecular flexibility index (Phi) is 5.76. The van der Waals surface area contributed by atoms with E-state index in [1.807, 2.05) is 6.92 Å². The fraction of sp³-hybridized carbons (Fsp3) is 0.556. The zero-order valence-electron chi connectivity index (χ0n) is 12.7. The normalized spacial score (nSPS) is 21.7. The van der Waals surface area contributed by atoms with E-state index in [1.54, 1.807) is 7.11 Å². The molecule has 21 heavy (non-hydrogen) atoms. The summed E-state index contributed by atoms with van der Waals surface area (Å²) in [6.07, 6.45) is 5.66. The van der Waals surface area contributed by atoms with Crippen LogP contribution in [0.3, 0.4) is 0 Å². The van der Waals surface area contributed by atoms with Crippen LogP contribution >= 0.6 is 0 Å². The number of benzene rings is 1. The topological polar surface area (TPSA) is 9.23 Å². The van der Waals surface area contributed by atoms with Gasteiger partial charge in [-0.3, -0.25) is 0 Å². The van der Waals surface area contributed by atoms with Crippen LogP contribution in [0.25, 0.3) is 0 Å². The number of halogens is 2. The van der Waals surface area contributed by atoms with Crippen molar-refractivity contribution in [2.45, 2.75) is 51.6 Å². The third-order valence-corrected chi connectivity index (χ3v) is 4.05. The minimum Gasteiger partial charge on any atom is -0.381 e. The van der Waals surface area contributed by atoms with Crippen molar-refractivity contribution < 1.29 is 13.5 Å². The first-order valence-corrected chi connectivity index (χ1v) is 7.66. The van der Waals surface area contributed by atoms with E-state index in [4.69, 9.17) is 4.74 Å². The molecular weight excluding hydrogens is 270 g/mol. The van der Waals surface area contributed by atoms with Gasteiger partial charge in [-0.2, -0.15) is 0 Å². The van der Waals surface area contributed by atoms with Gasteiger partial charge in [0.2, 0.25) is 0 Å². The lowest BCUT2D eigenvalue weighted by atomic mass is 9.87. The second-order valence-corrected chi connectivity index (χ2v) is 5.66. The third kappa shape index (κ3) is 4.28. The highest BCUT2D eigenvalue weighted by Gasteiger charge is 2.19. The van der Waals surface area contributed by atoms with Gasteiger partial charge >= 0.3 is 0 Å². The first-order valence-electron chi connectivity index (χ1n) is 7.66. The van der Waals surface area contributed by atoms with Crippen LogP contribution in [-0.4, -0.2) is 13.2 Å². The molecule has 1 aliphatic rings. The molecule has 0 unspecified atom stereocenters. The van der Waals surface area contributed by atoms with Crippen molar-refractivity contribution in [1.82, 2.24) is 0 Å². The average molecular weight is 292 g/mol. The molecule has 0 saturated heterocycles. The predicted molar refractivity (Wildman–Crippen MR) is 80.0 cm³/mol. The molecular formula is C18H22F2O. The molecule has 0 heterocycles. The Morgan fingerprint density at radius 3 is 2.29 bits per heavy atom. The Hall–Kier alpha value is -1.40. The number of aryl methyl sites for hydroxylation is 1. The number of methoxy groups -OCH3 is 1. The first kappa shape index (κ1) is 16.0. The summed E-state index contributed by atoms with van der Waals surface area (Å²) >= 11 is 0. The Morgan fingerprint density at radius 2 is 1.76 bits per heavy atom. The Balaban J connectivity index is 2.08. The second-order valence-electron chi connectivity index (χ2n) is 5.66. The van der Waals surface area contributed by atoms with E-state index in [-0.39, 0.29) is 11.5 Å². The molecule has 0 aromatic heterocycles. The number of rotatable bonds is 3. The van der Waals surface area contributed by atoms with Gasteiger partial charge in [0.25, 0.3) is 0 Å². The van der Waals surface area contributed by atoms with Crippen LogP contribution in [0.2, 0.25) is 0 Å². The van der Waals surface area contributed by atoms with Crippen LogP contribution in [0.15, 0.2) is 12.1 Å². The fourth-order valence-corrected chi connectivity index (χ4v) is 2.80. The van der Waals surface area contributed by atoms with Crippen LogP contribution < -0.4 is 0 Å². The van der Waals surface area contributed by atoms with Gasteiger partial charge in [0, 0.05) is 13.0 Å². The molecule has 0 bridgehead atoms. The number of hydrogen-bond acceptors (Lipinski definition) is 1. The molecule has 0 radical (unpaired) electrons. The van der Waals surface area contributed by atoms with Crippen molar-refractivity contribution in [3.63, 3.8) is 0 Å². The van der Waals surface area contributed by atoms with Crippen molar-refractivity contribution >= 4 is 0 Å². The predicted octanol–water partition coefficient (Wildman–Crippen LogP) is 4.47.